The summed E-state index contributed by atoms with van der Waals surface area (Å²) in [5, 5.41) is 1.07. The highest BCUT2D eigenvalue weighted by atomic mass is 79.9. The fourth-order valence-corrected chi connectivity index (χ4v) is 3.39. The van der Waals surface area contributed by atoms with E-state index in [9.17, 15) is 0 Å². The van der Waals surface area contributed by atoms with Gasteiger partial charge in [0.15, 0.2) is 0 Å². The van der Waals surface area contributed by atoms with Gasteiger partial charge in [0.25, 0.3) is 0 Å². The van der Waals surface area contributed by atoms with E-state index in [2.05, 4.69) is 30.8 Å². The molecule has 1 heterocycles. The number of halogens is 1. The van der Waals surface area contributed by atoms with Gasteiger partial charge in [0.1, 0.15) is 12.1 Å². The quantitative estimate of drug-likeness (QED) is 0.776. The highest BCUT2D eigenvalue weighted by Crippen LogP contribution is 2.33. The average Bonchev–Trinajstić information content (AvgIpc) is 2.41. The molecule has 4 heteroatoms. The molecule has 1 saturated carbocycles. The molecule has 0 unspecified atom stereocenters. The fourth-order valence-electron chi connectivity index (χ4n) is 3.14. The lowest BCUT2D eigenvalue weighted by Gasteiger charge is -2.40. The van der Waals surface area contributed by atoms with Crippen LogP contribution in [-0.2, 0) is 12.8 Å². The summed E-state index contributed by atoms with van der Waals surface area (Å²) in [4.78, 5) is 11.7. The standard InChI is InChI=1S/C15H22BrN3/c16-9-4-10-19(12-5-3-6-12)15-13-7-1-2-8-14(13)17-11-18-15/h11-12H,1-10H2. The van der Waals surface area contributed by atoms with Crippen molar-refractivity contribution in [3.63, 3.8) is 0 Å². The Morgan fingerprint density at radius 2 is 2.00 bits per heavy atom. The van der Waals surface area contributed by atoms with Crippen molar-refractivity contribution in [2.24, 2.45) is 0 Å². The van der Waals surface area contributed by atoms with Crippen molar-refractivity contribution in [3.05, 3.63) is 17.6 Å². The van der Waals surface area contributed by atoms with Crippen LogP contribution < -0.4 is 4.90 Å². The van der Waals surface area contributed by atoms with Crippen molar-refractivity contribution in [3.8, 4) is 0 Å². The van der Waals surface area contributed by atoms with Crippen LogP contribution in [0.1, 0.15) is 49.8 Å². The lowest BCUT2D eigenvalue weighted by atomic mass is 9.90. The summed E-state index contributed by atoms with van der Waals surface area (Å²) < 4.78 is 0. The van der Waals surface area contributed by atoms with Crippen molar-refractivity contribution >= 4 is 21.7 Å². The SMILES string of the molecule is BrCCCN(c1ncnc2c1CCCC2)C1CCC1. The number of alkyl halides is 1. The normalized spacial score (nSPS) is 18.8. The lowest BCUT2D eigenvalue weighted by Crippen LogP contribution is -2.42. The summed E-state index contributed by atoms with van der Waals surface area (Å²) in [6, 6.07) is 0.722. The lowest BCUT2D eigenvalue weighted by molar-refractivity contribution is 0.382. The third-order valence-corrected chi connectivity index (χ3v) is 4.98. The van der Waals surface area contributed by atoms with E-state index in [0.29, 0.717) is 0 Å². The molecule has 1 aromatic rings. The first-order chi connectivity index (χ1) is 9.40. The zero-order chi connectivity index (χ0) is 13.1. The van der Waals surface area contributed by atoms with Gasteiger partial charge in [0, 0.05) is 29.2 Å². The molecular formula is C15H22BrN3. The largest absolute Gasteiger partial charge is 0.353 e. The minimum Gasteiger partial charge on any atom is -0.353 e. The molecule has 0 saturated heterocycles. The number of fused-ring (bicyclic) bond motifs is 1. The molecule has 3 nitrogen and oxygen atoms in total. The second kappa shape index (κ2) is 6.21. The molecule has 0 spiro atoms. The van der Waals surface area contributed by atoms with Gasteiger partial charge in [0.2, 0.25) is 0 Å². The van der Waals surface area contributed by atoms with Crippen molar-refractivity contribution < 1.29 is 0 Å². The second-order valence-electron chi connectivity index (χ2n) is 5.65. The molecule has 0 radical (unpaired) electrons. The van der Waals surface area contributed by atoms with Gasteiger partial charge in [-0.2, -0.15) is 0 Å². The van der Waals surface area contributed by atoms with E-state index >= 15 is 0 Å². The zero-order valence-electron chi connectivity index (χ0n) is 11.4. The number of anilines is 1. The molecule has 0 aromatic carbocycles. The summed E-state index contributed by atoms with van der Waals surface area (Å²) in [7, 11) is 0. The van der Waals surface area contributed by atoms with Gasteiger partial charge in [-0.05, 0) is 51.4 Å². The van der Waals surface area contributed by atoms with Gasteiger partial charge >= 0.3 is 0 Å². The van der Waals surface area contributed by atoms with Crippen LogP contribution in [0, 0.1) is 0 Å². The van der Waals surface area contributed by atoms with Crippen LogP contribution in [0.4, 0.5) is 5.82 Å². The number of rotatable bonds is 5. The van der Waals surface area contributed by atoms with E-state index in [0.717, 1.165) is 24.3 Å². The molecule has 1 fully saturated rings. The van der Waals surface area contributed by atoms with Crippen molar-refractivity contribution in [1.82, 2.24) is 9.97 Å². The predicted molar refractivity (Wildman–Crippen MR) is 82.1 cm³/mol. The van der Waals surface area contributed by atoms with Crippen molar-refractivity contribution in [1.29, 1.82) is 0 Å². The maximum atomic E-state index is 4.65. The molecule has 0 atom stereocenters. The Morgan fingerprint density at radius 3 is 2.74 bits per heavy atom. The Balaban J connectivity index is 1.88. The van der Waals surface area contributed by atoms with Gasteiger partial charge in [0.05, 0.1) is 0 Å². The molecule has 104 valence electrons. The third-order valence-electron chi connectivity index (χ3n) is 4.42. The first kappa shape index (κ1) is 13.3. The maximum Gasteiger partial charge on any atom is 0.135 e. The van der Waals surface area contributed by atoms with Crippen LogP contribution >= 0.6 is 15.9 Å². The fraction of sp³-hybridized carbons (Fsp3) is 0.733. The van der Waals surface area contributed by atoms with E-state index in [1.54, 1.807) is 6.33 Å². The maximum absolute atomic E-state index is 4.65. The zero-order valence-corrected chi connectivity index (χ0v) is 13.0. The summed E-state index contributed by atoms with van der Waals surface area (Å²) >= 11 is 3.55. The Hall–Kier alpha value is -0.640. The smallest absolute Gasteiger partial charge is 0.135 e. The molecule has 0 N–H and O–H groups in total. The summed E-state index contributed by atoms with van der Waals surface area (Å²) in [6.45, 7) is 1.12. The monoisotopic (exact) mass is 323 g/mol. The minimum atomic E-state index is 0.722. The first-order valence-electron chi connectivity index (χ1n) is 7.55. The molecule has 1 aromatic heterocycles. The highest BCUT2D eigenvalue weighted by molar-refractivity contribution is 9.09. The van der Waals surface area contributed by atoms with Crippen molar-refractivity contribution in [2.45, 2.75) is 57.4 Å². The minimum absolute atomic E-state index is 0.722. The van der Waals surface area contributed by atoms with E-state index in [4.69, 9.17) is 0 Å². The second-order valence-corrected chi connectivity index (χ2v) is 6.44. The van der Waals surface area contributed by atoms with E-state index in [-0.39, 0.29) is 0 Å². The van der Waals surface area contributed by atoms with Gasteiger partial charge in [-0.15, -0.1) is 0 Å². The number of nitrogens with zero attached hydrogens (tertiary/aromatic N) is 3. The molecule has 2 aliphatic rings. The summed E-state index contributed by atoms with van der Waals surface area (Å²) in [5.41, 5.74) is 2.75. The van der Waals surface area contributed by atoms with Crippen LogP contribution in [0.2, 0.25) is 0 Å². The van der Waals surface area contributed by atoms with Gasteiger partial charge < -0.3 is 4.90 Å². The highest BCUT2D eigenvalue weighted by Gasteiger charge is 2.28. The molecule has 3 rings (SSSR count). The number of hydrogen-bond acceptors (Lipinski definition) is 3. The van der Waals surface area contributed by atoms with Gasteiger partial charge in [-0.25, -0.2) is 9.97 Å². The average molecular weight is 324 g/mol. The van der Waals surface area contributed by atoms with Gasteiger partial charge in [-0.3, -0.25) is 0 Å². The Bertz CT molecular complexity index is 431. The van der Waals surface area contributed by atoms with Gasteiger partial charge in [-0.1, -0.05) is 15.9 Å². The van der Waals surface area contributed by atoms with E-state index < -0.39 is 0 Å². The number of aromatic nitrogens is 2. The number of hydrogen-bond donors (Lipinski definition) is 0. The Kier molecular flexibility index (Phi) is 4.36. The molecule has 19 heavy (non-hydrogen) atoms. The van der Waals surface area contributed by atoms with Crippen LogP contribution in [0.3, 0.4) is 0 Å². The summed E-state index contributed by atoms with van der Waals surface area (Å²) in [5.74, 6) is 1.25. The van der Waals surface area contributed by atoms with Crippen LogP contribution in [0.5, 0.6) is 0 Å². The Morgan fingerprint density at radius 1 is 1.16 bits per heavy atom. The van der Waals surface area contributed by atoms with Crippen LogP contribution in [-0.4, -0.2) is 27.9 Å². The van der Waals surface area contributed by atoms with E-state index in [1.165, 1.54) is 62.0 Å². The predicted octanol–water partition coefficient (Wildman–Crippen LogP) is 3.50. The first-order valence-corrected chi connectivity index (χ1v) is 8.67. The van der Waals surface area contributed by atoms with Crippen LogP contribution in [0.25, 0.3) is 0 Å². The third kappa shape index (κ3) is 2.78. The molecule has 2 aliphatic carbocycles. The molecular weight excluding hydrogens is 302 g/mol. The topological polar surface area (TPSA) is 29.0 Å². The summed E-state index contributed by atoms with van der Waals surface area (Å²) in [6.07, 6.45) is 11.9. The molecule has 0 amide bonds. The van der Waals surface area contributed by atoms with Crippen molar-refractivity contribution in [2.75, 3.05) is 16.8 Å². The number of aryl methyl sites for hydroxylation is 1. The van der Waals surface area contributed by atoms with Crippen LogP contribution in [0.15, 0.2) is 6.33 Å². The Labute approximate surface area is 124 Å². The molecule has 0 bridgehead atoms. The molecule has 0 aliphatic heterocycles. The van der Waals surface area contributed by atoms with E-state index in [1.807, 2.05) is 0 Å².